The van der Waals surface area contributed by atoms with E-state index in [4.69, 9.17) is 9.47 Å². The Bertz CT molecular complexity index is 351. The first-order valence-corrected chi connectivity index (χ1v) is 5.81. The number of hydrogen-bond acceptors (Lipinski definition) is 3. The molecule has 2 rings (SSSR count). The first-order valence-electron chi connectivity index (χ1n) is 5.81. The smallest absolute Gasteiger partial charge is 0.161 e. The minimum Gasteiger partial charge on any atom is -0.493 e. The Morgan fingerprint density at radius 2 is 1.88 bits per heavy atom. The average Bonchev–Trinajstić information content (AvgIpc) is 2.33. The molecule has 1 aliphatic rings. The van der Waals surface area contributed by atoms with Crippen molar-refractivity contribution in [3.63, 3.8) is 0 Å². The minimum absolute atomic E-state index is 0. The van der Waals surface area contributed by atoms with Gasteiger partial charge in [-0.25, -0.2) is 0 Å². The Labute approximate surface area is 109 Å². The van der Waals surface area contributed by atoms with Crippen molar-refractivity contribution in [2.75, 3.05) is 20.2 Å². The van der Waals surface area contributed by atoms with Crippen LogP contribution >= 0.6 is 12.4 Å². The second kappa shape index (κ2) is 6.72. The molecule has 17 heavy (non-hydrogen) atoms. The van der Waals surface area contributed by atoms with Gasteiger partial charge in [0, 0.05) is 0 Å². The number of aryl methyl sites for hydroxylation is 1. The van der Waals surface area contributed by atoms with Crippen molar-refractivity contribution in [2.24, 2.45) is 0 Å². The molecule has 0 saturated carbocycles. The summed E-state index contributed by atoms with van der Waals surface area (Å²) in [5.74, 6) is 1.69. The largest absolute Gasteiger partial charge is 0.493 e. The van der Waals surface area contributed by atoms with Crippen molar-refractivity contribution >= 4 is 12.4 Å². The van der Waals surface area contributed by atoms with Crippen LogP contribution in [0, 0.1) is 6.92 Å². The van der Waals surface area contributed by atoms with Gasteiger partial charge in [0.05, 0.1) is 7.11 Å². The van der Waals surface area contributed by atoms with E-state index in [1.165, 1.54) is 5.56 Å². The highest BCUT2D eigenvalue weighted by molar-refractivity contribution is 5.85. The molecular formula is C13H20ClNO2. The lowest BCUT2D eigenvalue weighted by atomic mass is 10.1. The summed E-state index contributed by atoms with van der Waals surface area (Å²) < 4.78 is 11.3. The Morgan fingerprint density at radius 3 is 2.53 bits per heavy atom. The first-order chi connectivity index (χ1) is 7.79. The van der Waals surface area contributed by atoms with Gasteiger partial charge in [0.25, 0.3) is 0 Å². The highest BCUT2D eigenvalue weighted by atomic mass is 35.5. The van der Waals surface area contributed by atoms with Crippen molar-refractivity contribution < 1.29 is 9.47 Å². The third-order valence-electron chi connectivity index (χ3n) is 2.90. The van der Waals surface area contributed by atoms with Crippen LogP contribution < -0.4 is 14.8 Å². The van der Waals surface area contributed by atoms with Gasteiger partial charge in [-0.1, -0.05) is 6.07 Å². The molecule has 3 nitrogen and oxygen atoms in total. The molecule has 0 amide bonds. The van der Waals surface area contributed by atoms with Crippen LogP contribution in [-0.4, -0.2) is 26.3 Å². The van der Waals surface area contributed by atoms with E-state index in [9.17, 15) is 0 Å². The van der Waals surface area contributed by atoms with E-state index in [2.05, 4.69) is 18.3 Å². The van der Waals surface area contributed by atoms with Crippen molar-refractivity contribution in [1.29, 1.82) is 0 Å². The number of halogens is 1. The van der Waals surface area contributed by atoms with E-state index in [0.717, 1.165) is 37.4 Å². The standard InChI is InChI=1S/C13H19NO2.ClH/c1-10-3-4-12(13(9-10)15-2)16-11-5-7-14-8-6-11;/h3-4,9,11,14H,5-8H2,1-2H3;1H. The van der Waals surface area contributed by atoms with Crippen molar-refractivity contribution in [2.45, 2.75) is 25.9 Å². The van der Waals surface area contributed by atoms with Crippen molar-refractivity contribution in [1.82, 2.24) is 5.32 Å². The van der Waals surface area contributed by atoms with Crippen molar-refractivity contribution in [3.8, 4) is 11.5 Å². The van der Waals surface area contributed by atoms with Gasteiger partial charge in [-0.2, -0.15) is 0 Å². The number of methoxy groups -OCH3 is 1. The highest BCUT2D eigenvalue weighted by Crippen LogP contribution is 2.29. The minimum atomic E-state index is 0. The highest BCUT2D eigenvalue weighted by Gasteiger charge is 2.16. The summed E-state index contributed by atoms with van der Waals surface area (Å²) in [5, 5.41) is 3.33. The zero-order valence-corrected chi connectivity index (χ0v) is 11.2. The van der Waals surface area contributed by atoms with E-state index in [0.29, 0.717) is 6.10 Å². The van der Waals surface area contributed by atoms with Gasteiger partial charge in [-0.3, -0.25) is 0 Å². The maximum absolute atomic E-state index is 5.97. The Morgan fingerprint density at radius 1 is 1.18 bits per heavy atom. The second-order valence-electron chi connectivity index (χ2n) is 4.22. The molecule has 1 aliphatic heterocycles. The molecule has 0 spiro atoms. The van der Waals surface area contributed by atoms with Gasteiger partial charge in [0.1, 0.15) is 6.10 Å². The molecule has 0 aromatic heterocycles. The Balaban J connectivity index is 0.00000144. The molecule has 1 aromatic carbocycles. The van der Waals surface area contributed by atoms with Crippen LogP contribution in [0.25, 0.3) is 0 Å². The zero-order valence-electron chi connectivity index (χ0n) is 10.4. The number of rotatable bonds is 3. The molecule has 1 fully saturated rings. The monoisotopic (exact) mass is 257 g/mol. The number of benzene rings is 1. The lowest BCUT2D eigenvalue weighted by Crippen LogP contribution is -2.34. The maximum Gasteiger partial charge on any atom is 0.161 e. The molecule has 1 aromatic rings. The van der Waals surface area contributed by atoms with Crippen LogP contribution in [0.15, 0.2) is 18.2 Å². The summed E-state index contributed by atoms with van der Waals surface area (Å²) in [6.07, 6.45) is 2.45. The summed E-state index contributed by atoms with van der Waals surface area (Å²) in [5.41, 5.74) is 1.19. The first kappa shape index (κ1) is 14.1. The van der Waals surface area contributed by atoms with Crippen LogP contribution in [0.4, 0.5) is 0 Å². The van der Waals surface area contributed by atoms with E-state index >= 15 is 0 Å². The quantitative estimate of drug-likeness (QED) is 0.903. The number of piperidine rings is 1. The molecule has 4 heteroatoms. The molecule has 1 heterocycles. The van der Waals surface area contributed by atoms with Gasteiger partial charge in [0.2, 0.25) is 0 Å². The fourth-order valence-electron chi connectivity index (χ4n) is 1.97. The number of ether oxygens (including phenoxy) is 2. The average molecular weight is 258 g/mol. The Hall–Kier alpha value is -0.930. The summed E-state index contributed by atoms with van der Waals surface area (Å²) in [4.78, 5) is 0. The van der Waals surface area contributed by atoms with Crippen molar-refractivity contribution in [3.05, 3.63) is 23.8 Å². The van der Waals surface area contributed by atoms with Crippen LogP contribution in [0.1, 0.15) is 18.4 Å². The molecule has 0 radical (unpaired) electrons. The topological polar surface area (TPSA) is 30.5 Å². The van der Waals surface area contributed by atoms with Gasteiger partial charge >= 0.3 is 0 Å². The molecule has 96 valence electrons. The third-order valence-corrected chi connectivity index (χ3v) is 2.90. The molecule has 0 bridgehead atoms. The predicted molar refractivity (Wildman–Crippen MR) is 71.5 cm³/mol. The second-order valence-corrected chi connectivity index (χ2v) is 4.22. The lowest BCUT2D eigenvalue weighted by Gasteiger charge is -2.24. The van der Waals surface area contributed by atoms with Gasteiger partial charge in [0.15, 0.2) is 11.5 Å². The van der Waals surface area contributed by atoms with Crippen LogP contribution in [-0.2, 0) is 0 Å². The Kier molecular flexibility index (Phi) is 5.59. The zero-order chi connectivity index (χ0) is 11.4. The summed E-state index contributed by atoms with van der Waals surface area (Å²) in [6, 6.07) is 6.06. The van der Waals surface area contributed by atoms with Crippen LogP contribution in [0.3, 0.4) is 0 Å². The molecule has 1 saturated heterocycles. The van der Waals surface area contributed by atoms with E-state index < -0.39 is 0 Å². The maximum atomic E-state index is 5.97. The number of nitrogens with one attached hydrogen (secondary N) is 1. The van der Waals surface area contributed by atoms with Gasteiger partial charge < -0.3 is 14.8 Å². The molecule has 0 unspecified atom stereocenters. The molecule has 0 aliphatic carbocycles. The summed E-state index contributed by atoms with van der Waals surface area (Å²) in [7, 11) is 1.68. The normalized spacial score (nSPS) is 16.1. The summed E-state index contributed by atoms with van der Waals surface area (Å²) >= 11 is 0. The number of hydrogen-bond donors (Lipinski definition) is 1. The molecular weight excluding hydrogens is 238 g/mol. The fraction of sp³-hybridized carbons (Fsp3) is 0.538. The van der Waals surface area contributed by atoms with Crippen LogP contribution in [0.5, 0.6) is 11.5 Å². The molecule has 0 atom stereocenters. The predicted octanol–water partition coefficient (Wildman–Crippen LogP) is 2.56. The SMILES string of the molecule is COc1cc(C)ccc1OC1CCNCC1.Cl. The van der Waals surface area contributed by atoms with Gasteiger partial charge in [-0.15, -0.1) is 12.4 Å². The fourth-order valence-corrected chi connectivity index (χ4v) is 1.97. The van der Waals surface area contributed by atoms with E-state index in [1.54, 1.807) is 7.11 Å². The summed E-state index contributed by atoms with van der Waals surface area (Å²) in [6.45, 7) is 4.13. The van der Waals surface area contributed by atoms with Gasteiger partial charge in [-0.05, 0) is 50.6 Å². The third kappa shape index (κ3) is 3.79. The van der Waals surface area contributed by atoms with E-state index in [-0.39, 0.29) is 12.4 Å². The lowest BCUT2D eigenvalue weighted by molar-refractivity contribution is 0.156. The molecule has 1 N–H and O–H groups in total. The van der Waals surface area contributed by atoms with Crippen LogP contribution in [0.2, 0.25) is 0 Å². The van der Waals surface area contributed by atoms with E-state index in [1.807, 2.05) is 12.1 Å².